The summed E-state index contributed by atoms with van der Waals surface area (Å²) in [7, 11) is 2.47. The number of hydrogen-bond donors (Lipinski definition) is 1. The van der Waals surface area contributed by atoms with Gasteiger partial charge in [-0.25, -0.2) is 14.3 Å². The molecule has 7 nitrogen and oxygen atoms in total. The number of rotatable bonds is 4. The van der Waals surface area contributed by atoms with Crippen LogP contribution in [0.3, 0.4) is 0 Å². The summed E-state index contributed by atoms with van der Waals surface area (Å²) < 4.78 is 11.2. The van der Waals surface area contributed by atoms with E-state index in [2.05, 4.69) is 5.10 Å². The molecular weight excluding hydrogens is 360 g/mol. The molecule has 0 amide bonds. The molecule has 28 heavy (non-hydrogen) atoms. The Kier molecular flexibility index (Phi) is 5.17. The second-order valence-electron chi connectivity index (χ2n) is 6.26. The van der Waals surface area contributed by atoms with E-state index in [1.807, 2.05) is 6.07 Å². The molecule has 0 fully saturated rings. The van der Waals surface area contributed by atoms with Crippen molar-refractivity contribution >= 4 is 11.9 Å². The number of aromatic hydroxyl groups is 1. The third kappa shape index (κ3) is 3.22. The van der Waals surface area contributed by atoms with Gasteiger partial charge in [-0.15, -0.1) is 0 Å². The molecule has 144 valence electrons. The Hall–Kier alpha value is -3.61. The molecule has 7 heteroatoms. The summed E-state index contributed by atoms with van der Waals surface area (Å²) in [4.78, 5) is 25.1. The predicted octanol–water partition coefficient (Wildman–Crippen LogP) is 3.43. The second kappa shape index (κ2) is 7.56. The van der Waals surface area contributed by atoms with Gasteiger partial charge in [0.05, 0.1) is 19.9 Å². The van der Waals surface area contributed by atoms with Crippen LogP contribution in [0, 0.1) is 13.8 Å². The number of phenols is 1. The minimum Gasteiger partial charge on any atom is -0.507 e. The highest BCUT2D eigenvalue weighted by atomic mass is 16.5. The van der Waals surface area contributed by atoms with Crippen molar-refractivity contribution in [1.82, 2.24) is 9.78 Å². The van der Waals surface area contributed by atoms with Crippen LogP contribution in [0.1, 0.15) is 32.0 Å². The topological polar surface area (TPSA) is 90.6 Å². The Morgan fingerprint density at radius 3 is 2.07 bits per heavy atom. The summed E-state index contributed by atoms with van der Waals surface area (Å²) in [6, 6.07) is 12.4. The standard InChI is InChI=1S/C21H20N2O5/c1-12-10-14(11-13(2)19(12)24)17-16(20(25)27-3)18(21(26)28-4)23(22-17)15-8-6-5-7-9-15/h5-11,24H,1-4H3. The summed E-state index contributed by atoms with van der Waals surface area (Å²) >= 11 is 0. The van der Waals surface area contributed by atoms with Crippen molar-refractivity contribution in [2.24, 2.45) is 0 Å². The molecule has 0 radical (unpaired) electrons. The lowest BCUT2D eigenvalue weighted by Gasteiger charge is -2.08. The van der Waals surface area contributed by atoms with Gasteiger partial charge in [0.25, 0.3) is 0 Å². The van der Waals surface area contributed by atoms with Crippen molar-refractivity contribution in [2.45, 2.75) is 13.8 Å². The maximum absolute atomic E-state index is 12.6. The minimum absolute atomic E-state index is 0.00249. The number of benzene rings is 2. The average Bonchev–Trinajstić information content (AvgIpc) is 3.11. The summed E-state index contributed by atoms with van der Waals surface area (Å²) in [6.07, 6.45) is 0. The molecule has 3 aromatic rings. The highest BCUT2D eigenvalue weighted by Crippen LogP contribution is 2.33. The van der Waals surface area contributed by atoms with Crippen LogP contribution in [-0.4, -0.2) is 41.0 Å². The normalized spacial score (nSPS) is 10.6. The Morgan fingerprint density at radius 2 is 1.54 bits per heavy atom. The number of esters is 2. The first-order chi connectivity index (χ1) is 13.4. The van der Waals surface area contributed by atoms with Crippen molar-refractivity contribution in [3.8, 4) is 22.7 Å². The molecule has 0 aliphatic rings. The van der Waals surface area contributed by atoms with Gasteiger partial charge in [0, 0.05) is 5.56 Å². The van der Waals surface area contributed by atoms with Crippen LogP contribution in [0.2, 0.25) is 0 Å². The molecule has 0 saturated heterocycles. The van der Waals surface area contributed by atoms with E-state index in [0.29, 0.717) is 22.4 Å². The Bertz CT molecular complexity index is 1030. The summed E-state index contributed by atoms with van der Waals surface area (Å²) in [6.45, 7) is 3.50. The zero-order valence-corrected chi connectivity index (χ0v) is 16.0. The molecule has 3 rings (SSSR count). The van der Waals surface area contributed by atoms with Gasteiger partial charge >= 0.3 is 11.9 Å². The number of nitrogens with zero attached hydrogens (tertiary/aromatic N) is 2. The van der Waals surface area contributed by atoms with Crippen molar-refractivity contribution in [3.63, 3.8) is 0 Å². The monoisotopic (exact) mass is 380 g/mol. The third-order valence-corrected chi connectivity index (χ3v) is 4.42. The average molecular weight is 380 g/mol. The summed E-state index contributed by atoms with van der Waals surface area (Å²) in [5, 5.41) is 14.6. The molecule has 2 aromatic carbocycles. The maximum Gasteiger partial charge on any atom is 0.357 e. The van der Waals surface area contributed by atoms with Crippen LogP contribution < -0.4 is 0 Å². The fourth-order valence-electron chi connectivity index (χ4n) is 3.05. The molecule has 1 N–H and O–H groups in total. The fraction of sp³-hybridized carbons (Fsp3) is 0.190. The van der Waals surface area contributed by atoms with Crippen molar-refractivity contribution in [1.29, 1.82) is 0 Å². The molecule has 0 bridgehead atoms. The lowest BCUT2D eigenvalue weighted by molar-refractivity contribution is 0.0549. The van der Waals surface area contributed by atoms with E-state index >= 15 is 0 Å². The number of ether oxygens (including phenoxy) is 2. The van der Waals surface area contributed by atoms with Gasteiger partial charge in [0.2, 0.25) is 0 Å². The van der Waals surface area contributed by atoms with Crippen LogP contribution in [0.5, 0.6) is 5.75 Å². The molecule has 0 aliphatic carbocycles. The molecule has 0 atom stereocenters. The second-order valence-corrected chi connectivity index (χ2v) is 6.26. The number of methoxy groups -OCH3 is 2. The van der Waals surface area contributed by atoms with Crippen LogP contribution in [0.25, 0.3) is 16.9 Å². The highest BCUT2D eigenvalue weighted by molar-refractivity contribution is 6.06. The van der Waals surface area contributed by atoms with Gasteiger partial charge in [0.1, 0.15) is 17.0 Å². The van der Waals surface area contributed by atoms with E-state index in [1.165, 1.54) is 18.9 Å². The van der Waals surface area contributed by atoms with E-state index < -0.39 is 11.9 Å². The van der Waals surface area contributed by atoms with Crippen LogP contribution in [-0.2, 0) is 9.47 Å². The Morgan fingerprint density at radius 1 is 0.964 bits per heavy atom. The summed E-state index contributed by atoms with van der Waals surface area (Å²) in [5.74, 6) is -1.25. The quantitative estimate of drug-likeness (QED) is 0.698. The molecule has 1 aromatic heterocycles. The van der Waals surface area contributed by atoms with Gasteiger partial charge in [-0.3, -0.25) is 0 Å². The molecule has 0 unspecified atom stereocenters. The molecule has 0 saturated carbocycles. The van der Waals surface area contributed by atoms with Gasteiger partial charge < -0.3 is 14.6 Å². The number of carbonyl (C=O) groups is 2. The fourth-order valence-corrected chi connectivity index (χ4v) is 3.05. The first kappa shape index (κ1) is 19.2. The predicted molar refractivity (Wildman–Crippen MR) is 103 cm³/mol. The molecule has 1 heterocycles. The van der Waals surface area contributed by atoms with Gasteiger partial charge in [-0.05, 0) is 49.2 Å². The Balaban J connectivity index is 2.38. The van der Waals surface area contributed by atoms with Crippen molar-refractivity contribution in [2.75, 3.05) is 14.2 Å². The highest BCUT2D eigenvalue weighted by Gasteiger charge is 2.31. The van der Waals surface area contributed by atoms with Crippen molar-refractivity contribution < 1.29 is 24.2 Å². The van der Waals surface area contributed by atoms with Gasteiger partial charge in [-0.1, -0.05) is 18.2 Å². The van der Waals surface area contributed by atoms with E-state index in [-0.39, 0.29) is 22.7 Å². The van der Waals surface area contributed by atoms with Gasteiger partial charge in [-0.2, -0.15) is 5.10 Å². The zero-order chi connectivity index (χ0) is 20.4. The van der Waals surface area contributed by atoms with Crippen LogP contribution in [0.15, 0.2) is 42.5 Å². The number of hydrogen-bond acceptors (Lipinski definition) is 6. The van der Waals surface area contributed by atoms with Crippen molar-refractivity contribution in [3.05, 3.63) is 64.8 Å². The largest absolute Gasteiger partial charge is 0.507 e. The van der Waals surface area contributed by atoms with E-state index in [1.54, 1.807) is 50.2 Å². The smallest absolute Gasteiger partial charge is 0.357 e. The summed E-state index contributed by atoms with van der Waals surface area (Å²) in [5.41, 5.74) is 2.66. The third-order valence-electron chi connectivity index (χ3n) is 4.42. The first-order valence-corrected chi connectivity index (χ1v) is 8.54. The molecular formula is C21H20N2O5. The first-order valence-electron chi connectivity index (χ1n) is 8.54. The van der Waals surface area contributed by atoms with Crippen LogP contribution in [0.4, 0.5) is 0 Å². The SMILES string of the molecule is COC(=O)c1c(-c2cc(C)c(O)c(C)c2)nn(-c2ccccc2)c1C(=O)OC. The lowest BCUT2D eigenvalue weighted by atomic mass is 10.00. The lowest BCUT2D eigenvalue weighted by Crippen LogP contribution is -2.15. The Labute approximate surface area is 162 Å². The number of aryl methyl sites for hydroxylation is 2. The number of carbonyl (C=O) groups excluding carboxylic acids is 2. The van der Waals surface area contributed by atoms with Gasteiger partial charge in [0.15, 0.2) is 5.69 Å². The molecule has 0 spiro atoms. The van der Waals surface area contributed by atoms with E-state index in [4.69, 9.17) is 9.47 Å². The maximum atomic E-state index is 12.6. The van der Waals surface area contributed by atoms with E-state index in [9.17, 15) is 14.7 Å². The number of phenolic OH excluding ortho intramolecular Hbond substituents is 1. The number of para-hydroxylation sites is 1. The van der Waals surface area contributed by atoms with Crippen LogP contribution >= 0.6 is 0 Å². The molecule has 0 aliphatic heterocycles. The number of aromatic nitrogens is 2. The minimum atomic E-state index is -0.713. The zero-order valence-electron chi connectivity index (χ0n) is 16.0. The van der Waals surface area contributed by atoms with E-state index in [0.717, 1.165) is 0 Å².